The van der Waals surface area contributed by atoms with Gasteiger partial charge in [-0.3, -0.25) is 32.8 Å². The van der Waals surface area contributed by atoms with E-state index in [0.717, 1.165) is 188 Å². The van der Waals surface area contributed by atoms with Gasteiger partial charge in [-0.05, 0) is 199 Å². The molecule has 612 valence electrons. The lowest BCUT2D eigenvalue weighted by atomic mass is 10.1. The molecule has 13 nitrogen and oxygen atoms in total. The lowest BCUT2D eigenvalue weighted by Crippen LogP contribution is -1.98. The molecule has 0 unspecified atom stereocenters. The summed E-state index contributed by atoms with van der Waals surface area (Å²) < 4.78 is 14.1. The first kappa shape index (κ1) is 73.2. The average molecular weight is 1680 g/mol. The third-order valence-electron chi connectivity index (χ3n) is 26.9. The molecule has 0 aliphatic heterocycles. The van der Waals surface area contributed by atoms with Crippen molar-refractivity contribution < 1.29 is 0 Å². The Labute approximate surface area is 751 Å². The van der Waals surface area contributed by atoms with E-state index in [4.69, 9.17) is 34.9 Å². The standard InChI is InChI=1S/C41H25N3.C40H24N4.C38H22N6/c1-3-11-28-21-33(19-17-26(28)9-1)43-38-25-31-14-6-5-13-30(31)23-35(38)39-40(43)36-24-32-15-7-8-16-37(32)42-41(36)44(39)34-20-18-27-10-2-4-12-29(27)22-34;1-3-11-27-21-31(19-17-25(27)9-1)43-37-33-23-29-13-6-8-16-36(29)42-40(33)44(32-20-18-26-10-2-4-12-28(26)22-32)38(37)34-24-30-14-5-7-15-35(30)41-39(34)43;1-5-13-31-23(9-1)17-27(21-39-31)43-35-29-19-25-11-4-8-16-34(25)42-38(29)44(28-18-24-10-2-6-14-32(24)40-22-28)36(35)30-20-26-12-3-7-15-33(26)41-37(30)43/h1-25H;1-24H;1-22H. The van der Waals surface area contributed by atoms with Crippen molar-refractivity contribution in [3.8, 4) is 34.1 Å². The highest BCUT2D eigenvalue weighted by molar-refractivity contribution is 6.26. The molecule has 0 aliphatic rings. The van der Waals surface area contributed by atoms with Crippen LogP contribution in [0.25, 0.3) is 263 Å². The zero-order valence-corrected chi connectivity index (χ0v) is 70.8. The highest BCUT2D eigenvalue weighted by atomic mass is 15.2. The van der Waals surface area contributed by atoms with Crippen LogP contribution in [0.4, 0.5) is 0 Å². The summed E-state index contributed by atoms with van der Waals surface area (Å²) in [6.07, 6.45) is 3.90. The maximum absolute atomic E-state index is 5.35. The number of fused-ring (bicyclic) bond motifs is 27. The molecule has 0 saturated carbocycles. The molecule has 0 saturated heterocycles. The van der Waals surface area contributed by atoms with Crippen molar-refractivity contribution in [1.29, 1.82) is 0 Å². The van der Waals surface area contributed by atoms with Crippen molar-refractivity contribution in [2.75, 3.05) is 0 Å². The van der Waals surface area contributed by atoms with Crippen LogP contribution in [0.1, 0.15) is 0 Å². The van der Waals surface area contributed by atoms with Gasteiger partial charge >= 0.3 is 0 Å². The first-order valence-corrected chi connectivity index (χ1v) is 44.6. The predicted molar refractivity (Wildman–Crippen MR) is 547 cm³/mol. The van der Waals surface area contributed by atoms with Crippen LogP contribution in [0.2, 0.25) is 0 Å². The summed E-state index contributed by atoms with van der Waals surface area (Å²) in [5, 5.41) is 26.5. The molecule has 0 spiro atoms. The Morgan fingerprint density at radius 2 is 0.326 bits per heavy atom. The lowest BCUT2D eigenvalue weighted by molar-refractivity contribution is 1.13. The molecular weight excluding hydrogens is 1610 g/mol. The molecule has 13 heteroatoms. The molecule has 30 aromatic rings. The minimum Gasteiger partial charge on any atom is -0.307 e. The van der Waals surface area contributed by atoms with Crippen molar-refractivity contribution in [2.45, 2.75) is 0 Å². The van der Waals surface area contributed by atoms with Gasteiger partial charge in [0.25, 0.3) is 0 Å². The number of nitrogens with zero attached hydrogens (tertiary/aromatic N) is 13. The number of aromatic nitrogens is 13. The van der Waals surface area contributed by atoms with Crippen LogP contribution >= 0.6 is 0 Å². The Balaban J connectivity index is 0.0000000991. The third-order valence-corrected chi connectivity index (χ3v) is 26.9. The van der Waals surface area contributed by atoms with Crippen LogP contribution in [0.15, 0.2) is 431 Å². The Morgan fingerprint density at radius 1 is 0.136 bits per heavy atom. The van der Waals surface area contributed by atoms with Crippen LogP contribution in [-0.2, 0) is 0 Å². The maximum atomic E-state index is 5.35. The van der Waals surface area contributed by atoms with Gasteiger partial charge in [0.2, 0.25) is 0 Å². The van der Waals surface area contributed by atoms with Gasteiger partial charge in [-0.2, -0.15) is 0 Å². The number of hydrogen-bond acceptors (Lipinski definition) is 7. The van der Waals surface area contributed by atoms with Gasteiger partial charge in [-0.25, -0.2) is 24.9 Å². The zero-order chi connectivity index (χ0) is 86.3. The minimum atomic E-state index is 0.878. The number of para-hydroxylation sites is 7. The highest BCUT2D eigenvalue weighted by Gasteiger charge is 2.30. The molecule has 0 N–H and O–H groups in total. The van der Waals surface area contributed by atoms with E-state index in [1.54, 1.807) is 0 Å². The molecular formula is C119H71N13. The summed E-state index contributed by atoms with van der Waals surface area (Å²) in [5.41, 5.74) is 25.5. The first-order valence-electron chi connectivity index (χ1n) is 44.6. The van der Waals surface area contributed by atoms with Crippen molar-refractivity contribution >= 4 is 229 Å². The van der Waals surface area contributed by atoms with Crippen molar-refractivity contribution in [3.63, 3.8) is 0 Å². The van der Waals surface area contributed by atoms with Crippen LogP contribution in [0, 0.1) is 0 Å². The van der Waals surface area contributed by atoms with E-state index in [9.17, 15) is 0 Å². The van der Waals surface area contributed by atoms with E-state index in [0.29, 0.717) is 0 Å². The summed E-state index contributed by atoms with van der Waals surface area (Å²) in [7, 11) is 0. The molecule has 13 aromatic heterocycles. The first-order chi connectivity index (χ1) is 65.4. The van der Waals surface area contributed by atoms with E-state index in [-0.39, 0.29) is 0 Å². The van der Waals surface area contributed by atoms with Crippen LogP contribution in [0.3, 0.4) is 0 Å². The maximum Gasteiger partial charge on any atom is 0.147 e. The van der Waals surface area contributed by atoms with Gasteiger partial charge in [0.05, 0.1) is 101 Å². The van der Waals surface area contributed by atoms with Crippen LogP contribution in [-0.4, -0.2) is 62.3 Å². The Kier molecular flexibility index (Phi) is 15.9. The van der Waals surface area contributed by atoms with Gasteiger partial charge in [-0.1, -0.05) is 273 Å². The van der Waals surface area contributed by atoms with Gasteiger partial charge in [0.1, 0.15) is 28.2 Å². The van der Waals surface area contributed by atoms with Crippen LogP contribution < -0.4 is 0 Å². The van der Waals surface area contributed by atoms with Crippen LogP contribution in [0.5, 0.6) is 0 Å². The van der Waals surface area contributed by atoms with E-state index in [1.807, 2.05) is 48.8 Å². The lowest BCUT2D eigenvalue weighted by Gasteiger charge is -2.11. The Hall–Kier alpha value is -18.1. The number of hydrogen-bond donors (Lipinski definition) is 0. The summed E-state index contributed by atoms with van der Waals surface area (Å²) in [6.45, 7) is 0. The molecule has 17 aromatic carbocycles. The predicted octanol–water partition coefficient (Wildman–Crippen LogP) is 29.8. The third kappa shape index (κ3) is 11.4. The molecule has 30 rings (SSSR count). The van der Waals surface area contributed by atoms with E-state index < -0.39 is 0 Å². The van der Waals surface area contributed by atoms with Gasteiger partial charge in [-0.15, -0.1) is 0 Å². The monoisotopic (exact) mass is 1680 g/mol. The summed E-state index contributed by atoms with van der Waals surface area (Å²) in [6, 6.07) is 149. The number of pyridine rings is 7. The molecule has 0 fully saturated rings. The van der Waals surface area contributed by atoms with Gasteiger partial charge in [0, 0.05) is 92.8 Å². The molecule has 0 radical (unpaired) electrons. The fourth-order valence-electron chi connectivity index (χ4n) is 20.8. The molecule has 0 bridgehead atoms. The second kappa shape index (κ2) is 28.7. The highest BCUT2D eigenvalue weighted by Crippen LogP contribution is 2.48. The number of rotatable bonds is 6. The summed E-state index contributed by atoms with van der Waals surface area (Å²) >= 11 is 0. The molecule has 132 heavy (non-hydrogen) atoms. The van der Waals surface area contributed by atoms with Crippen molar-refractivity contribution in [3.05, 3.63) is 431 Å². The molecule has 0 atom stereocenters. The fraction of sp³-hybridized carbons (Fsp3) is 0. The number of benzene rings is 17. The zero-order valence-electron chi connectivity index (χ0n) is 70.8. The summed E-state index contributed by atoms with van der Waals surface area (Å²) in [5.74, 6) is 0. The molecule has 13 heterocycles. The summed E-state index contributed by atoms with van der Waals surface area (Å²) in [4.78, 5) is 36.3. The minimum absolute atomic E-state index is 0.878. The van der Waals surface area contributed by atoms with Gasteiger partial charge in [0.15, 0.2) is 0 Å². The Bertz CT molecular complexity index is 8690. The van der Waals surface area contributed by atoms with E-state index in [1.165, 1.54) is 75.8 Å². The molecule has 0 amide bonds. The van der Waals surface area contributed by atoms with Crippen molar-refractivity contribution in [1.82, 2.24) is 62.3 Å². The van der Waals surface area contributed by atoms with E-state index >= 15 is 0 Å². The largest absolute Gasteiger partial charge is 0.307 e. The molecule has 0 aliphatic carbocycles. The SMILES string of the molecule is c1ccc2cc(-n3c4cc5ccccc5cc4c4c3c3cc5ccccc5nc3n4-c3ccc4ccccc4c3)ccc2c1.c1ccc2cc(-n3c4nc5ccccc5cc4c4c3c3cc5ccccc5nc3n4-c3ccc4ccccc4c3)ccc2c1.c1ccc2ncc(-n3c4nc5ccccc5cc4c4c3c3cc5ccccc5nc3n4-c3cnc4ccccc4c3)cc2c1. The second-order valence-corrected chi connectivity index (χ2v) is 34.5. The van der Waals surface area contributed by atoms with Gasteiger partial charge < -0.3 is 4.57 Å². The quantitative estimate of drug-likeness (QED) is 0.163. The van der Waals surface area contributed by atoms with Crippen molar-refractivity contribution in [2.24, 2.45) is 0 Å². The smallest absolute Gasteiger partial charge is 0.147 e. The fourth-order valence-corrected chi connectivity index (χ4v) is 20.8. The Morgan fingerprint density at radius 3 is 0.614 bits per heavy atom. The second-order valence-electron chi connectivity index (χ2n) is 34.5. The normalized spacial score (nSPS) is 12.1. The topological polar surface area (TPSA) is 120 Å². The average Bonchev–Trinajstić information content (AvgIpc) is 1.54. The van der Waals surface area contributed by atoms with E-state index in [2.05, 4.69) is 410 Å².